The summed E-state index contributed by atoms with van der Waals surface area (Å²) in [5.41, 5.74) is -0.0640. The molecule has 0 spiro atoms. The molecule has 1 amide bonds. The summed E-state index contributed by atoms with van der Waals surface area (Å²) >= 11 is 0. The topological polar surface area (TPSA) is 103 Å². The standard InChI is InChI=1S/C12H13N3O5/c16-12(1-7-4-13-5-7)14-8-2-10-11(20-6-19-10)3-9(8)15(17)18/h2-3,7,13H,1,4-6H2,(H,14,16). The van der Waals surface area contributed by atoms with Crippen LogP contribution in [0.15, 0.2) is 12.1 Å². The van der Waals surface area contributed by atoms with Gasteiger partial charge in [0.15, 0.2) is 11.5 Å². The van der Waals surface area contributed by atoms with Crippen molar-refractivity contribution >= 4 is 17.3 Å². The highest BCUT2D eigenvalue weighted by Gasteiger charge is 2.26. The van der Waals surface area contributed by atoms with Crippen LogP contribution in [0, 0.1) is 16.0 Å². The molecule has 0 bridgehead atoms. The van der Waals surface area contributed by atoms with Gasteiger partial charge in [0.25, 0.3) is 5.69 Å². The molecule has 0 radical (unpaired) electrons. The summed E-state index contributed by atoms with van der Waals surface area (Å²) in [7, 11) is 0. The predicted molar refractivity (Wildman–Crippen MR) is 68.8 cm³/mol. The molecule has 0 atom stereocenters. The van der Waals surface area contributed by atoms with Crippen LogP contribution in [0.1, 0.15) is 6.42 Å². The van der Waals surface area contributed by atoms with Crippen LogP contribution in [0.4, 0.5) is 11.4 Å². The number of hydrogen-bond acceptors (Lipinski definition) is 6. The molecule has 1 saturated heterocycles. The number of nitro benzene ring substituents is 1. The molecule has 2 heterocycles. The number of anilines is 1. The van der Waals surface area contributed by atoms with Gasteiger partial charge in [-0.3, -0.25) is 14.9 Å². The van der Waals surface area contributed by atoms with E-state index in [0.717, 1.165) is 13.1 Å². The maximum absolute atomic E-state index is 11.9. The molecular weight excluding hydrogens is 266 g/mol. The van der Waals surface area contributed by atoms with Crippen molar-refractivity contribution in [2.24, 2.45) is 5.92 Å². The van der Waals surface area contributed by atoms with Crippen LogP contribution >= 0.6 is 0 Å². The number of amides is 1. The minimum absolute atomic E-state index is 0.0254. The largest absolute Gasteiger partial charge is 0.454 e. The predicted octanol–water partition coefficient (Wildman–Crippen LogP) is 0.871. The fourth-order valence-electron chi connectivity index (χ4n) is 2.14. The molecule has 2 aliphatic heterocycles. The minimum Gasteiger partial charge on any atom is -0.454 e. The number of ether oxygens (including phenoxy) is 2. The van der Waals surface area contributed by atoms with Gasteiger partial charge in [-0.2, -0.15) is 0 Å². The van der Waals surface area contributed by atoms with Crippen molar-refractivity contribution in [1.29, 1.82) is 0 Å². The molecule has 2 N–H and O–H groups in total. The number of nitro groups is 1. The monoisotopic (exact) mass is 279 g/mol. The lowest BCUT2D eigenvalue weighted by Gasteiger charge is -2.26. The highest BCUT2D eigenvalue weighted by molar-refractivity contribution is 5.94. The number of nitrogens with one attached hydrogen (secondary N) is 2. The molecule has 0 aliphatic carbocycles. The Kier molecular flexibility index (Phi) is 3.15. The Morgan fingerprint density at radius 3 is 2.70 bits per heavy atom. The molecule has 0 saturated carbocycles. The maximum Gasteiger partial charge on any atom is 0.296 e. The lowest BCUT2D eigenvalue weighted by atomic mass is 9.99. The molecule has 20 heavy (non-hydrogen) atoms. The molecule has 1 aromatic rings. The Balaban J connectivity index is 1.80. The molecule has 1 aromatic carbocycles. The van der Waals surface area contributed by atoms with Gasteiger partial charge in [0.1, 0.15) is 5.69 Å². The minimum atomic E-state index is -0.553. The van der Waals surface area contributed by atoms with Gasteiger partial charge < -0.3 is 20.1 Å². The van der Waals surface area contributed by atoms with Crippen LogP contribution in [0.25, 0.3) is 0 Å². The van der Waals surface area contributed by atoms with Crippen molar-refractivity contribution in [2.75, 3.05) is 25.2 Å². The smallest absolute Gasteiger partial charge is 0.296 e. The summed E-state index contributed by atoms with van der Waals surface area (Å²) in [5, 5.41) is 16.7. The van der Waals surface area contributed by atoms with E-state index in [1.54, 1.807) is 0 Å². The van der Waals surface area contributed by atoms with E-state index in [-0.39, 0.29) is 24.1 Å². The van der Waals surface area contributed by atoms with Crippen LogP contribution < -0.4 is 20.1 Å². The van der Waals surface area contributed by atoms with Crippen molar-refractivity contribution in [3.05, 3.63) is 22.2 Å². The molecule has 3 rings (SSSR count). The van der Waals surface area contributed by atoms with Gasteiger partial charge in [-0.15, -0.1) is 0 Å². The number of carbonyl (C=O) groups excluding carboxylic acids is 1. The van der Waals surface area contributed by atoms with Gasteiger partial charge in [0.05, 0.1) is 11.0 Å². The third-order valence-corrected chi connectivity index (χ3v) is 3.30. The van der Waals surface area contributed by atoms with Crippen LogP contribution in [0.3, 0.4) is 0 Å². The summed E-state index contributed by atoms with van der Waals surface area (Å²) in [6.45, 7) is 1.63. The molecule has 0 unspecified atom stereocenters. The zero-order chi connectivity index (χ0) is 14.1. The van der Waals surface area contributed by atoms with Crippen molar-refractivity contribution in [2.45, 2.75) is 6.42 Å². The second kappa shape index (κ2) is 4.97. The Morgan fingerprint density at radius 2 is 2.10 bits per heavy atom. The number of nitrogens with zero attached hydrogens (tertiary/aromatic N) is 1. The second-order valence-electron chi connectivity index (χ2n) is 4.76. The third kappa shape index (κ3) is 2.37. The van der Waals surface area contributed by atoms with Gasteiger partial charge in [-0.25, -0.2) is 0 Å². The number of benzene rings is 1. The van der Waals surface area contributed by atoms with Gasteiger partial charge >= 0.3 is 0 Å². The first-order valence-electron chi connectivity index (χ1n) is 6.22. The number of rotatable bonds is 4. The Hall–Kier alpha value is -2.35. The van der Waals surface area contributed by atoms with Crippen molar-refractivity contribution in [3.63, 3.8) is 0 Å². The maximum atomic E-state index is 11.9. The number of hydrogen-bond donors (Lipinski definition) is 2. The normalized spacial score (nSPS) is 16.6. The van der Waals surface area contributed by atoms with Crippen LogP contribution in [0.2, 0.25) is 0 Å². The van der Waals surface area contributed by atoms with Gasteiger partial charge in [-0.1, -0.05) is 0 Å². The summed E-state index contributed by atoms with van der Waals surface area (Å²) in [6, 6.07) is 2.69. The molecular formula is C12H13N3O5. The highest BCUT2D eigenvalue weighted by Crippen LogP contribution is 2.40. The summed E-state index contributed by atoms with van der Waals surface area (Å²) in [5.74, 6) is 0.774. The summed E-state index contributed by atoms with van der Waals surface area (Å²) < 4.78 is 10.3. The Bertz CT molecular complexity index is 570. The highest BCUT2D eigenvalue weighted by atomic mass is 16.7. The van der Waals surface area contributed by atoms with E-state index >= 15 is 0 Å². The first-order chi connectivity index (χ1) is 9.63. The average molecular weight is 279 g/mol. The van der Waals surface area contributed by atoms with E-state index in [1.807, 2.05) is 0 Å². The summed E-state index contributed by atoms with van der Waals surface area (Å²) in [4.78, 5) is 22.3. The van der Waals surface area contributed by atoms with Gasteiger partial charge in [0, 0.05) is 12.5 Å². The fourth-order valence-corrected chi connectivity index (χ4v) is 2.14. The lowest BCUT2D eigenvalue weighted by molar-refractivity contribution is -0.384. The van der Waals surface area contributed by atoms with E-state index in [1.165, 1.54) is 12.1 Å². The van der Waals surface area contributed by atoms with Crippen LogP contribution in [-0.2, 0) is 4.79 Å². The number of fused-ring (bicyclic) bond motifs is 1. The first-order valence-corrected chi connectivity index (χ1v) is 6.22. The Labute approximate surface area is 114 Å². The van der Waals surface area contributed by atoms with E-state index in [9.17, 15) is 14.9 Å². The SMILES string of the molecule is O=C(CC1CNC1)Nc1cc2c(cc1[N+](=O)[O-])OCO2. The summed E-state index contributed by atoms with van der Waals surface area (Å²) in [6.07, 6.45) is 0.346. The zero-order valence-electron chi connectivity index (χ0n) is 10.5. The van der Waals surface area contributed by atoms with Crippen LogP contribution in [0.5, 0.6) is 11.5 Å². The second-order valence-corrected chi connectivity index (χ2v) is 4.76. The molecule has 8 heteroatoms. The molecule has 2 aliphatic rings. The van der Waals surface area contributed by atoms with Crippen molar-refractivity contribution in [1.82, 2.24) is 5.32 Å². The van der Waals surface area contributed by atoms with E-state index < -0.39 is 4.92 Å². The average Bonchev–Trinajstić information content (AvgIpc) is 2.80. The molecule has 1 fully saturated rings. The quantitative estimate of drug-likeness (QED) is 0.626. The molecule has 0 aromatic heterocycles. The zero-order valence-corrected chi connectivity index (χ0v) is 10.5. The Morgan fingerprint density at radius 1 is 1.40 bits per heavy atom. The van der Waals surface area contributed by atoms with Crippen molar-refractivity contribution < 1.29 is 19.2 Å². The first kappa shape index (κ1) is 12.7. The fraction of sp³-hybridized carbons (Fsp3) is 0.417. The van der Waals surface area contributed by atoms with Crippen molar-refractivity contribution in [3.8, 4) is 11.5 Å². The number of carbonyl (C=O) groups is 1. The van der Waals surface area contributed by atoms with E-state index in [2.05, 4.69) is 10.6 Å². The van der Waals surface area contributed by atoms with E-state index in [4.69, 9.17) is 9.47 Å². The van der Waals surface area contributed by atoms with Gasteiger partial charge in [0.2, 0.25) is 12.7 Å². The van der Waals surface area contributed by atoms with Gasteiger partial charge in [-0.05, 0) is 19.0 Å². The van der Waals surface area contributed by atoms with Crippen LogP contribution in [-0.4, -0.2) is 30.7 Å². The lowest BCUT2D eigenvalue weighted by Crippen LogP contribution is -2.43. The van der Waals surface area contributed by atoms with E-state index in [0.29, 0.717) is 23.8 Å². The molecule has 8 nitrogen and oxygen atoms in total. The third-order valence-electron chi connectivity index (χ3n) is 3.30. The molecule has 106 valence electrons.